The summed E-state index contributed by atoms with van der Waals surface area (Å²) in [5, 5.41) is 12.8. The van der Waals surface area contributed by atoms with Gasteiger partial charge in [-0.2, -0.15) is 0 Å². The highest BCUT2D eigenvalue weighted by Crippen LogP contribution is 2.19. The molecule has 0 aromatic heterocycles. The van der Waals surface area contributed by atoms with E-state index in [9.17, 15) is 5.11 Å². The molecular formula is C12H26N2O2. The third kappa shape index (κ3) is 5.80. The molecule has 0 aliphatic heterocycles. The maximum atomic E-state index is 9.30. The average Bonchev–Trinajstić information content (AvgIpc) is 3.10. The second-order valence-corrected chi connectivity index (χ2v) is 4.41. The van der Waals surface area contributed by atoms with Crippen molar-refractivity contribution in [3.05, 3.63) is 0 Å². The Morgan fingerprint density at radius 2 is 2.19 bits per heavy atom. The van der Waals surface area contributed by atoms with Gasteiger partial charge in [0.1, 0.15) is 0 Å². The van der Waals surface area contributed by atoms with E-state index >= 15 is 0 Å². The Morgan fingerprint density at radius 1 is 1.44 bits per heavy atom. The molecule has 1 unspecified atom stereocenters. The first-order chi connectivity index (χ1) is 7.80. The van der Waals surface area contributed by atoms with E-state index in [2.05, 4.69) is 17.1 Å². The van der Waals surface area contributed by atoms with E-state index < -0.39 is 0 Å². The summed E-state index contributed by atoms with van der Waals surface area (Å²) in [6.45, 7) is 8.83. The molecule has 1 saturated carbocycles. The summed E-state index contributed by atoms with van der Waals surface area (Å²) in [7, 11) is 0. The van der Waals surface area contributed by atoms with Crippen molar-refractivity contribution in [3.63, 3.8) is 0 Å². The smallest absolute Gasteiger partial charge is 0.0597 e. The highest BCUT2D eigenvalue weighted by Gasteiger charge is 2.24. The summed E-state index contributed by atoms with van der Waals surface area (Å²) in [4.78, 5) is 2.33. The maximum Gasteiger partial charge on any atom is 0.0597 e. The van der Waals surface area contributed by atoms with Crippen molar-refractivity contribution in [2.75, 3.05) is 39.5 Å². The number of hydrogen-bond donors (Lipinski definition) is 2. The van der Waals surface area contributed by atoms with Crippen molar-refractivity contribution in [1.29, 1.82) is 0 Å². The summed E-state index contributed by atoms with van der Waals surface area (Å²) in [6, 6.07) is 0.872. The molecule has 0 spiro atoms. The van der Waals surface area contributed by atoms with E-state index in [1.54, 1.807) is 0 Å². The minimum Gasteiger partial charge on any atom is -0.395 e. The molecule has 2 N–H and O–H groups in total. The molecule has 1 fully saturated rings. The van der Waals surface area contributed by atoms with Crippen molar-refractivity contribution in [2.45, 2.75) is 38.8 Å². The molecule has 0 radical (unpaired) electrons. The van der Waals surface area contributed by atoms with E-state index in [-0.39, 0.29) is 12.6 Å². The van der Waals surface area contributed by atoms with Gasteiger partial charge in [-0.1, -0.05) is 6.92 Å². The predicted octanol–water partition coefficient (Wildman–Crippen LogP) is 0.458. The minimum atomic E-state index is 0.217. The van der Waals surface area contributed by atoms with Gasteiger partial charge in [0, 0.05) is 31.8 Å². The summed E-state index contributed by atoms with van der Waals surface area (Å²) in [5.74, 6) is 0. The monoisotopic (exact) mass is 230 g/mol. The molecule has 0 amide bonds. The van der Waals surface area contributed by atoms with Crippen LogP contribution < -0.4 is 5.32 Å². The molecule has 16 heavy (non-hydrogen) atoms. The Balaban J connectivity index is 2.16. The van der Waals surface area contributed by atoms with Gasteiger partial charge in [0.2, 0.25) is 0 Å². The first kappa shape index (κ1) is 13.9. The minimum absolute atomic E-state index is 0.217. The lowest BCUT2D eigenvalue weighted by Gasteiger charge is -2.26. The number of aliphatic hydroxyl groups excluding tert-OH is 1. The molecule has 4 heteroatoms. The molecule has 0 bridgehead atoms. The number of rotatable bonds is 10. The molecule has 1 rings (SSSR count). The van der Waals surface area contributed by atoms with Gasteiger partial charge in [0.25, 0.3) is 0 Å². The molecule has 96 valence electrons. The number of likely N-dealkylation sites (N-methyl/N-ethyl adjacent to an activating group) is 1. The van der Waals surface area contributed by atoms with Gasteiger partial charge in [-0.3, -0.25) is 4.90 Å². The molecule has 0 aromatic rings. The topological polar surface area (TPSA) is 44.7 Å². The van der Waals surface area contributed by atoms with Crippen molar-refractivity contribution in [1.82, 2.24) is 10.2 Å². The summed E-state index contributed by atoms with van der Waals surface area (Å²) < 4.78 is 5.35. The van der Waals surface area contributed by atoms with Gasteiger partial charge >= 0.3 is 0 Å². The first-order valence-corrected chi connectivity index (χ1v) is 6.47. The fourth-order valence-electron chi connectivity index (χ4n) is 1.77. The zero-order valence-corrected chi connectivity index (χ0v) is 10.6. The van der Waals surface area contributed by atoms with Crippen LogP contribution in [0.5, 0.6) is 0 Å². The van der Waals surface area contributed by atoms with Gasteiger partial charge in [0.15, 0.2) is 0 Å². The lowest BCUT2D eigenvalue weighted by atomic mass is 10.2. The molecule has 1 aliphatic carbocycles. The average molecular weight is 230 g/mol. The Bertz CT molecular complexity index is 174. The van der Waals surface area contributed by atoms with Crippen LogP contribution in [-0.2, 0) is 4.74 Å². The van der Waals surface area contributed by atoms with Crippen molar-refractivity contribution < 1.29 is 9.84 Å². The number of aliphatic hydroxyl groups is 1. The van der Waals surface area contributed by atoms with Crippen LogP contribution in [0.2, 0.25) is 0 Å². The second-order valence-electron chi connectivity index (χ2n) is 4.41. The third-order valence-electron chi connectivity index (χ3n) is 2.95. The van der Waals surface area contributed by atoms with Gasteiger partial charge in [-0.25, -0.2) is 0 Å². The van der Waals surface area contributed by atoms with E-state index in [1.807, 2.05) is 6.92 Å². The largest absolute Gasteiger partial charge is 0.395 e. The number of ether oxygens (including phenoxy) is 1. The van der Waals surface area contributed by atoms with Crippen LogP contribution in [0.15, 0.2) is 0 Å². The molecule has 1 aliphatic rings. The highest BCUT2D eigenvalue weighted by atomic mass is 16.5. The normalized spacial score (nSPS) is 18.0. The van der Waals surface area contributed by atoms with Crippen LogP contribution >= 0.6 is 0 Å². The van der Waals surface area contributed by atoms with Gasteiger partial charge in [0.05, 0.1) is 13.2 Å². The lowest BCUT2D eigenvalue weighted by Crippen LogP contribution is -2.45. The standard InChI is InChI=1S/C12H26N2O2/c1-3-14(7-8-16-4-2)9-12(10-15)13-11-5-6-11/h11-13,15H,3-10H2,1-2H3. The van der Waals surface area contributed by atoms with Crippen LogP contribution in [0, 0.1) is 0 Å². The van der Waals surface area contributed by atoms with Gasteiger partial charge in [-0.05, 0) is 26.3 Å². The quantitative estimate of drug-likeness (QED) is 0.535. The molecule has 0 heterocycles. The van der Waals surface area contributed by atoms with Crippen LogP contribution in [0.1, 0.15) is 26.7 Å². The van der Waals surface area contributed by atoms with Crippen molar-refractivity contribution in [3.8, 4) is 0 Å². The zero-order valence-electron chi connectivity index (χ0n) is 10.6. The molecule has 0 aromatic carbocycles. The van der Waals surface area contributed by atoms with E-state index in [1.165, 1.54) is 12.8 Å². The lowest BCUT2D eigenvalue weighted by molar-refractivity contribution is 0.105. The van der Waals surface area contributed by atoms with Crippen LogP contribution in [0.25, 0.3) is 0 Å². The van der Waals surface area contributed by atoms with Gasteiger partial charge < -0.3 is 15.2 Å². The van der Waals surface area contributed by atoms with E-state index in [4.69, 9.17) is 4.74 Å². The second kappa shape index (κ2) is 8.01. The Labute approximate surface area is 99.0 Å². The fraction of sp³-hybridized carbons (Fsp3) is 1.00. The number of nitrogens with one attached hydrogen (secondary N) is 1. The molecule has 0 saturated heterocycles. The fourth-order valence-corrected chi connectivity index (χ4v) is 1.77. The first-order valence-electron chi connectivity index (χ1n) is 6.47. The number of hydrogen-bond acceptors (Lipinski definition) is 4. The Hall–Kier alpha value is -0.160. The van der Waals surface area contributed by atoms with Crippen molar-refractivity contribution >= 4 is 0 Å². The molecule has 4 nitrogen and oxygen atoms in total. The summed E-state index contributed by atoms with van der Waals surface area (Å²) >= 11 is 0. The Kier molecular flexibility index (Phi) is 6.96. The van der Waals surface area contributed by atoms with Crippen LogP contribution in [-0.4, -0.2) is 61.5 Å². The van der Waals surface area contributed by atoms with E-state index in [0.717, 1.165) is 32.8 Å². The maximum absolute atomic E-state index is 9.30. The van der Waals surface area contributed by atoms with Gasteiger partial charge in [-0.15, -0.1) is 0 Å². The summed E-state index contributed by atoms with van der Waals surface area (Å²) in [5.41, 5.74) is 0. The summed E-state index contributed by atoms with van der Waals surface area (Å²) in [6.07, 6.45) is 2.53. The Morgan fingerprint density at radius 3 is 2.69 bits per heavy atom. The third-order valence-corrected chi connectivity index (χ3v) is 2.95. The predicted molar refractivity (Wildman–Crippen MR) is 65.6 cm³/mol. The van der Waals surface area contributed by atoms with Crippen LogP contribution in [0.4, 0.5) is 0 Å². The molecule has 1 atom stereocenters. The number of nitrogens with zero attached hydrogens (tertiary/aromatic N) is 1. The van der Waals surface area contributed by atoms with Crippen molar-refractivity contribution in [2.24, 2.45) is 0 Å². The zero-order chi connectivity index (χ0) is 11.8. The highest BCUT2D eigenvalue weighted by molar-refractivity contribution is 4.85. The SMILES string of the molecule is CCOCCN(CC)CC(CO)NC1CC1. The molecular weight excluding hydrogens is 204 g/mol. The van der Waals surface area contributed by atoms with Crippen LogP contribution in [0.3, 0.4) is 0 Å². The van der Waals surface area contributed by atoms with E-state index in [0.29, 0.717) is 6.04 Å².